The Labute approximate surface area is 223 Å². The molecule has 1 aromatic heterocycles. The maximum Gasteiger partial charge on any atom is 0.309 e. The van der Waals surface area contributed by atoms with E-state index in [0.717, 1.165) is 16.7 Å². The van der Waals surface area contributed by atoms with Gasteiger partial charge in [0, 0.05) is 23.2 Å². The fraction of sp³-hybridized carbons (Fsp3) is 0.0714. The number of hydrogen-bond donors (Lipinski definition) is 4. The van der Waals surface area contributed by atoms with Gasteiger partial charge in [-0.3, -0.25) is 14.6 Å². The van der Waals surface area contributed by atoms with Gasteiger partial charge in [0.2, 0.25) is 0 Å². The van der Waals surface area contributed by atoms with Gasteiger partial charge in [-0.25, -0.2) is 10.8 Å². The predicted molar refractivity (Wildman–Crippen MR) is 148 cm³/mol. The predicted octanol–water partition coefficient (Wildman–Crippen LogP) is 4.22. The van der Waals surface area contributed by atoms with Gasteiger partial charge in [-0.2, -0.15) is 5.26 Å². The third-order valence-electron chi connectivity index (χ3n) is 5.55. The second kappa shape index (κ2) is 11.9. The van der Waals surface area contributed by atoms with Gasteiger partial charge in [-0.05, 0) is 28.8 Å². The number of nitrogens with two attached hydrogens (primary N) is 2. The van der Waals surface area contributed by atoms with E-state index < -0.39 is 11.5 Å². The van der Waals surface area contributed by atoms with E-state index in [0.29, 0.717) is 27.9 Å². The highest BCUT2D eigenvalue weighted by atomic mass is 32.2. The zero-order valence-electron chi connectivity index (χ0n) is 20.2. The Kier molecular flexibility index (Phi) is 8.23. The third-order valence-corrected chi connectivity index (χ3v) is 6.49. The first-order valence-electron chi connectivity index (χ1n) is 11.5. The summed E-state index contributed by atoms with van der Waals surface area (Å²) in [5.74, 6) is 5.41. The number of carbonyl (C=O) groups is 1. The number of carboxylic acids is 1. The molecule has 0 aliphatic rings. The zero-order valence-corrected chi connectivity index (χ0v) is 21.0. The number of anilines is 1. The van der Waals surface area contributed by atoms with Gasteiger partial charge in [0.25, 0.3) is 5.56 Å². The number of carboxylic acid groups (broad SMARTS) is 1. The second-order valence-electron chi connectivity index (χ2n) is 8.29. The topological polar surface area (TPSA) is 162 Å². The quantitative estimate of drug-likeness (QED) is 0.109. The molecule has 0 atom stereocenters. The molecule has 9 nitrogen and oxygen atoms in total. The van der Waals surface area contributed by atoms with Crippen molar-refractivity contribution < 1.29 is 9.90 Å². The lowest BCUT2D eigenvalue weighted by Crippen LogP contribution is -2.26. The molecule has 38 heavy (non-hydrogen) atoms. The minimum atomic E-state index is -1.04. The van der Waals surface area contributed by atoms with Crippen molar-refractivity contribution in [2.75, 3.05) is 5.01 Å². The van der Waals surface area contributed by atoms with Crippen LogP contribution < -0.4 is 22.1 Å². The van der Waals surface area contributed by atoms with E-state index in [1.807, 2.05) is 72.8 Å². The number of nitrogens with one attached hydrogen (secondary N) is 1. The van der Waals surface area contributed by atoms with Crippen molar-refractivity contribution >= 4 is 23.4 Å². The van der Waals surface area contributed by atoms with Gasteiger partial charge in [0.1, 0.15) is 11.6 Å². The number of aromatic amines is 1. The van der Waals surface area contributed by atoms with Crippen LogP contribution in [0.4, 0.5) is 5.69 Å². The molecule has 1 heterocycles. The molecule has 0 amide bonds. The Balaban J connectivity index is 1.50. The molecule has 0 bridgehead atoms. The molecule has 3 aromatic carbocycles. The number of thioether (sulfide) groups is 1. The molecule has 10 heteroatoms. The zero-order chi connectivity index (χ0) is 27.1. The summed E-state index contributed by atoms with van der Waals surface area (Å²) in [5.41, 5.74) is 9.93. The molecular weight excluding hydrogens is 500 g/mol. The molecule has 0 saturated heterocycles. The van der Waals surface area contributed by atoms with Gasteiger partial charge >= 0.3 is 5.97 Å². The highest BCUT2D eigenvalue weighted by Crippen LogP contribution is 2.27. The molecule has 0 spiro atoms. The number of nitrogens with zero attached hydrogens (tertiary/aromatic N) is 3. The Morgan fingerprint density at radius 1 is 1.03 bits per heavy atom. The van der Waals surface area contributed by atoms with Gasteiger partial charge in [-0.15, -0.1) is 0 Å². The van der Waals surface area contributed by atoms with E-state index in [-0.39, 0.29) is 17.7 Å². The van der Waals surface area contributed by atoms with Crippen LogP contribution in [0.15, 0.2) is 101 Å². The molecule has 190 valence electrons. The average molecular weight is 525 g/mol. The van der Waals surface area contributed by atoms with E-state index in [2.05, 4.69) is 9.97 Å². The van der Waals surface area contributed by atoms with Crippen molar-refractivity contribution in [3.05, 3.63) is 112 Å². The number of hydrogen-bond acceptors (Lipinski definition) is 8. The maximum atomic E-state index is 12.6. The van der Waals surface area contributed by atoms with Crippen LogP contribution in [0.2, 0.25) is 0 Å². The lowest BCUT2D eigenvalue weighted by atomic mass is 10.0. The molecule has 0 radical (unpaired) electrons. The van der Waals surface area contributed by atoms with Crippen molar-refractivity contribution in [1.29, 1.82) is 5.26 Å². The Morgan fingerprint density at radius 2 is 1.66 bits per heavy atom. The van der Waals surface area contributed by atoms with Crippen LogP contribution in [0.1, 0.15) is 17.5 Å². The first-order valence-corrected chi connectivity index (χ1v) is 12.5. The summed E-state index contributed by atoms with van der Waals surface area (Å²) in [5, 5.41) is 20.0. The molecule has 0 aliphatic heterocycles. The third kappa shape index (κ3) is 6.47. The summed E-state index contributed by atoms with van der Waals surface area (Å²) in [6.07, 6.45) is 1.05. The highest BCUT2D eigenvalue weighted by molar-refractivity contribution is 7.98. The SMILES string of the molecule is N#Cc1c(-c2ccc(-c3ccccc3)cc2)nc(SCc2ccc(N(N)/C=C(\N)CC(=O)O)cc2)[nH]c1=O. The maximum absolute atomic E-state index is 12.6. The van der Waals surface area contributed by atoms with Crippen molar-refractivity contribution in [2.24, 2.45) is 11.6 Å². The number of rotatable bonds is 9. The summed E-state index contributed by atoms with van der Waals surface area (Å²) in [7, 11) is 0. The van der Waals surface area contributed by atoms with Crippen molar-refractivity contribution in [3.8, 4) is 28.5 Å². The molecule has 4 aromatic rings. The molecule has 0 fully saturated rings. The number of hydrazine groups is 1. The van der Waals surface area contributed by atoms with Gasteiger partial charge < -0.3 is 15.8 Å². The second-order valence-corrected chi connectivity index (χ2v) is 9.25. The number of aliphatic carboxylic acids is 1. The lowest BCUT2D eigenvalue weighted by molar-refractivity contribution is -0.136. The smallest absolute Gasteiger partial charge is 0.309 e. The standard InChI is InChI=1S/C28H24N6O3S/c29-15-24-26(21-10-8-20(9-11-21)19-4-2-1-3-5-19)32-28(33-27(24)37)38-17-18-6-12-23(13-7-18)34(31)16-22(30)14-25(35)36/h1-13,16H,14,17,30-31H2,(H,35,36)(H,32,33,37)/b22-16-. The van der Waals surface area contributed by atoms with Crippen molar-refractivity contribution in [2.45, 2.75) is 17.3 Å². The molecule has 0 unspecified atom stereocenters. The Hall–Kier alpha value is -4.85. The normalized spacial score (nSPS) is 11.1. The Morgan fingerprint density at radius 3 is 2.29 bits per heavy atom. The number of benzene rings is 3. The van der Waals surface area contributed by atoms with Crippen molar-refractivity contribution in [1.82, 2.24) is 9.97 Å². The van der Waals surface area contributed by atoms with E-state index >= 15 is 0 Å². The average Bonchev–Trinajstić information content (AvgIpc) is 2.92. The van der Waals surface area contributed by atoms with Crippen LogP contribution in [0.3, 0.4) is 0 Å². The summed E-state index contributed by atoms with van der Waals surface area (Å²) < 4.78 is 0. The molecule has 6 N–H and O–H groups in total. The van der Waals surface area contributed by atoms with Crippen molar-refractivity contribution in [3.63, 3.8) is 0 Å². The highest BCUT2D eigenvalue weighted by Gasteiger charge is 2.14. The van der Waals surface area contributed by atoms with Crippen LogP contribution in [-0.4, -0.2) is 21.0 Å². The summed E-state index contributed by atoms with van der Waals surface area (Å²) in [6, 6.07) is 26.7. The summed E-state index contributed by atoms with van der Waals surface area (Å²) in [6.45, 7) is 0. The molecular formula is C28H24N6O3S. The molecule has 0 saturated carbocycles. The lowest BCUT2D eigenvalue weighted by Gasteiger charge is -2.15. The number of H-pyrrole nitrogens is 1. The van der Waals surface area contributed by atoms with Gasteiger partial charge in [0.05, 0.1) is 17.8 Å². The fourth-order valence-corrected chi connectivity index (χ4v) is 4.49. The van der Waals surface area contributed by atoms with E-state index in [4.69, 9.17) is 16.7 Å². The van der Waals surface area contributed by atoms with Crippen LogP contribution in [0.25, 0.3) is 22.4 Å². The van der Waals surface area contributed by atoms with Crippen LogP contribution in [-0.2, 0) is 10.5 Å². The van der Waals surface area contributed by atoms with E-state index in [1.54, 1.807) is 12.1 Å². The molecule has 4 rings (SSSR count). The summed E-state index contributed by atoms with van der Waals surface area (Å²) in [4.78, 5) is 30.7. The monoisotopic (exact) mass is 524 g/mol. The molecule has 0 aliphatic carbocycles. The van der Waals surface area contributed by atoms with E-state index in [9.17, 15) is 14.9 Å². The van der Waals surface area contributed by atoms with Crippen LogP contribution >= 0.6 is 11.8 Å². The number of nitriles is 1. The van der Waals surface area contributed by atoms with Gasteiger partial charge in [-0.1, -0.05) is 78.5 Å². The van der Waals surface area contributed by atoms with Gasteiger partial charge in [0.15, 0.2) is 5.16 Å². The first kappa shape index (κ1) is 26.2. The van der Waals surface area contributed by atoms with Crippen LogP contribution in [0.5, 0.6) is 0 Å². The van der Waals surface area contributed by atoms with Crippen LogP contribution in [0, 0.1) is 11.3 Å². The number of aromatic nitrogens is 2. The Bertz CT molecular complexity index is 1560. The largest absolute Gasteiger partial charge is 0.481 e. The fourth-order valence-electron chi connectivity index (χ4n) is 3.67. The first-order chi connectivity index (χ1) is 18.3. The minimum Gasteiger partial charge on any atom is -0.481 e. The minimum absolute atomic E-state index is 0.0376. The summed E-state index contributed by atoms with van der Waals surface area (Å²) >= 11 is 1.33. The van der Waals surface area contributed by atoms with E-state index in [1.165, 1.54) is 23.0 Å².